The van der Waals surface area contributed by atoms with E-state index in [9.17, 15) is 31.9 Å². The molecule has 32 heavy (non-hydrogen) atoms. The summed E-state index contributed by atoms with van der Waals surface area (Å²) < 4.78 is 67.6. The minimum absolute atomic E-state index is 0.0157. The van der Waals surface area contributed by atoms with Gasteiger partial charge in [0.25, 0.3) is 5.91 Å². The van der Waals surface area contributed by atoms with E-state index in [0.29, 0.717) is 6.92 Å². The Hall–Kier alpha value is -3.60. The maximum absolute atomic E-state index is 14.2. The number of aromatic nitrogens is 2. The van der Waals surface area contributed by atoms with Crippen molar-refractivity contribution in [1.82, 2.24) is 15.3 Å². The van der Waals surface area contributed by atoms with Crippen LogP contribution in [0.25, 0.3) is 11.4 Å². The number of nitrogens with zero attached hydrogens (tertiary/aromatic N) is 2. The second kappa shape index (κ2) is 7.52. The first-order chi connectivity index (χ1) is 15.0. The summed E-state index contributed by atoms with van der Waals surface area (Å²) in [6, 6.07) is 7.89. The number of hydrogen-bond acceptors (Lipinski definition) is 5. The van der Waals surface area contributed by atoms with Crippen molar-refractivity contribution < 1.29 is 31.9 Å². The largest absolute Gasteiger partial charge is 0.421 e. The molecule has 0 fully saturated rings. The van der Waals surface area contributed by atoms with Gasteiger partial charge in [0, 0.05) is 5.69 Å². The number of amides is 1. The zero-order valence-corrected chi connectivity index (χ0v) is 16.4. The van der Waals surface area contributed by atoms with Gasteiger partial charge in [-0.3, -0.25) is 4.79 Å². The molecule has 0 saturated carbocycles. The molecular weight excluding hydrogens is 435 g/mol. The summed E-state index contributed by atoms with van der Waals surface area (Å²) in [7, 11) is 0. The average Bonchev–Trinajstić information content (AvgIpc) is 3.08. The summed E-state index contributed by atoms with van der Waals surface area (Å²) in [4.78, 5) is 20.4. The number of alkyl halides is 3. The van der Waals surface area contributed by atoms with Crippen molar-refractivity contribution in [2.75, 3.05) is 5.32 Å². The topological polar surface area (TPSA) is 87.1 Å². The van der Waals surface area contributed by atoms with Gasteiger partial charge in [-0.05, 0) is 36.8 Å². The quantitative estimate of drug-likeness (QED) is 0.520. The predicted octanol–water partition coefficient (Wildman–Crippen LogP) is 4.18. The van der Waals surface area contributed by atoms with E-state index in [2.05, 4.69) is 20.6 Å². The normalized spacial score (nSPS) is 15.2. The van der Waals surface area contributed by atoms with Gasteiger partial charge < -0.3 is 15.7 Å². The molecule has 0 spiro atoms. The highest BCUT2D eigenvalue weighted by Gasteiger charge is 2.51. The molecule has 3 N–H and O–H groups in total. The fraction of sp³-hybridized carbons (Fsp3) is 0.190. The van der Waals surface area contributed by atoms with E-state index < -0.39 is 40.4 Å². The number of halogens is 5. The van der Waals surface area contributed by atoms with Gasteiger partial charge in [-0.2, -0.15) is 13.2 Å². The third-order valence-electron chi connectivity index (χ3n) is 5.08. The first kappa shape index (κ1) is 21.6. The number of carbonyl (C=O) groups excluding carboxylic acids is 1. The molecule has 0 bridgehead atoms. The third kappa shape index (κ3) is 3.64. The summed E-state index contributed by atoms with van der Waals surface area (Å²) in [6.45, 7) is 0.647. The molecular formula is C21H15F5N4O2. The monoisotopic (exact) mass is 450 g/mol. The van der Waals surface area contributed by atoms with Crippen molar-refractivity contribution in [2.24, 2.45) is 0 Å². The van der Waals surface area contributed by atoms with Crippen molar-refractivity contribution in [3.8, 4) is 11.4 Å². The lowest BCUT2D eigenvalue weighted by atomic mass is 9.95. The molecule has 1 aromatic heterocycles. The number of nitrogens with one attached hydrogen (secondary N) is 2. The minimum atomic E-state index is -4.88. The van der Waals surface area contributed by atoms with Crippen LogP contribution in [0.4, 0.5) is 33.5 Å². The zero-order valence-electron chi connectivity index (χ0n) is 16.4. The van der Waals surface area contributed by atoms with Gasteiger partial charge in [0.2, 0.25) is 0 Å². The highest BCUT2D eigenvalue weighted by molar-refractivity contribution is 6.03. The molecule has 0 unspecified atom stereocenters. The van der Waals surface area contributed by atoms with E-state index in [4.69, 9.17) is 0 Å². The Morgan fingerprint density at radius 1 is 1.00 bits per heavy atom. The van der Waals surface area contributed by atoms with Crippen LogP contribution in [0.1, 0.15) is 28.5 Å². The molecule has 0 radical (unpaired) electrons. The second-order valence-corrected chi connectivity index (χ2v) is 7.27. The predicted molar refractivity (Wildman–Crippen MR) is 104 cm³/mol. The van der Waals surface area contributed by atoms with Gasteiger partial charge in [0.1, 0.15) is 23.0 Å². The molecule has 11 heteroatoms. The molecule has 1 aliphatic heterocycles. The highest BCUT2D eigenvalue weighted by atomic mass is 19.4. The molecule has 1 atom stereocenters. The molecule has 4 rings (SSSR count). The van der Waals surface area contributed by atoms with E-state index in [1.807, 2.05) is 0 Å². The molecule has 6 nitrogen and oxygen atoms in total. The maximum Gasteiger partial charge on any atom is 0.421 e. The lowest BCUT2D eigenvalue weighted by molar-refractivity contribution is -0.258. The summed E-state index contributed by atoms with van der Waals surface area (Å²) in [5.74, 6) is -2.67. The Morgan fingerprint density at radius 3 is 2.22 bits per heavy atom. The van der Waals surface area contributed by atoms with Crippen LogP contribution in [0.15, 0.2) is 42.5 Å². The number of carbonyl (C=O) groups is 1. The lowest BCUT2D eigenvalue weighted by Crippen LogP contribution is -2.39. The number of aliphatic hydroxyl groups is 1. The average molecular weight is 450 g/mol. The van der Waals surface area contributed by atoms with Crippen LogP contribution in [0.5, 0.6) is 0 Å². The fourth-order valence-electron chi connectivity index (χ4n) is 3.22. The van der Waals surface area contributed by atoms with Crippen molar-refractivity contribution >= 4 is 17.4 Å². The SMILES string of the molecule is C[C@](O)(c1ccc(Nc2nc(-c3c(F)cccc3F)nc3c2C(=O)NC3)cc1)C(F)(F)F. The van der Waals surface area contributed by atoms with Crippen LogP contribution in [0.3, 0.4) is 0 Å². The van der Waals surface area contributed by atoms with Crippen LogP contribution in [0.2, 0.25) is 0 Å². The van der Waals surface area contributed by atoms with Crippen molar-refractivity contribution in [2.45, 2.75) is 25.2 Å². The summed E-state index contributed by atoms with van der Waals surface area (Å²) in [5.41, 5.74) is -3.44. The Labute approximate surface area is 178 Å². The van der Waals surface area contributed by atoms with Crippen LogP contribution in [-0.2, 0) is 12.1 Å². The van der Waals surface area contributed by atoms with E-state index in [1.165, 1.54) is 18.2 Å². The summed E-state index contributed by atoms with van der Waals surface area (Å²) in [6.07, 6.45) is -4.88. The first-order valence-corrected chi connectivity index (χ1v) is 9.29. The molecule has 2 heterocycles. The lowest BCUT2D eigenvalue weighted by Gasteiger charge is -2.26. The molecule has 1 amide bonds. The number of anilines is 2. The van der Waals surface area contributed by atoms with Crippen LogP contribution >= 0.6 is 0 Å². The number of fused-ring (bicyclic) bond motifs is 1. The number of hydrogen-bond donors (Lipinski definition) is 3. The third-order valence-corrected chi connectivity index (χ3v) is 5.08. The maximum atomic E-state index is 14.2. The molecule has 3 aromatic rings. The molecule has 0 aliphatic carbocycles. The molecule has 2 aromatic carbocycles. The standard InChI is InChI=1S/C21H15F5N4O2/c1-20(32,21(24,25)26)10-5-7-11(8-6-10)28-18-16-14(9-27-19(16)31)29-17(30-18)15-12(22)3-2-4-13(15)23/h2-8,32H,9H2,1H3,(H,27,31)(H,28,29,30)/t20-/m0/s1. The van der Waals surface area contributed by atoms with E-state index >= 15 is 0 Å². The van der Waals surface area contributed by atoms with Crippen molar-refractivity contribution in [1.29, 1.82) is 0 Å². The number of benzene rings is 2. The summed E-state index contributed by atoms with van der Waals surface area (Å²) in [5, 5.41) is 15.1. The Balaban J connectivity index is 1.74. The fourth-order valence-corrected chi connectivity index (χ4v) is 3.22. The number of rotatable bonds is 4. The van der Waals surface area contributed by atoms with Crippen LogP contribution in [0, 0.1) is 11.6 Å². The van der Waals surface area contributed by atoms with Gasteiger partial charge in [0.05, 0.1) is 17.8 Å². The minimum Gasteiger partial charge on any atom is -0.376 e. The van der Waals surface area contributed by atoms with Gasteiger partial charge in [-0.15, -0.1) is 0 Å². The van der Waals surface area contributed by atoms with E-state index in [0.717, 1.165) is 24.3 Å². The summed E-state index contributed by atoms with van der Waals surface area (Å²) >= 11 is 0. The molecule has 1 aliphatic rings. The zero-order chi connectivity index (χ0) is 23.3. The van der Waals surface area contributed by atoms with Gasteiger partial charge in [0.15, 0.2) is 11.4 Å². The molecule has 166 valence electrons. The van der Waals surface area contributed by atoms with Gasteiger partial charge >= 0.3 is 6.18 Å². The van der Waals surface area contributed by atoms with Crippen LogP contribution in [-0.4, -0.2) is 27.2 Å². The van der Waals surface area contributed by atoms with Crippen molar-refractivity contribution in [3.63, 3.8) is 0 Å². The first-order valence-electron chi connectivity index (χ1n) is 9.29. The highest BCUT2D eigenvalue weighted by Crippen LogP contribution is 2.39. The van der Waals surface area contributed by atoms with Gasteiger partial charge in [-0.1, -0.05) is 18.2 Å². The Morgan fingerprint density at radius 2 is 1.62 bits per heavy atom. The Bertz CT molecular complexity index is 1190. The van der Waals surface area contributed by atoms with Gasteiger partial charge in [-0.25, -0.2) is 18.7 Å². The smallest absolute Gasteiger partial charge is 0.376 e. The van der Waals surface area contributed by atoms with E-state index in [-0.39, 0.29) is 35.1 Å². The Kier molecular flexibility index (Phi) is 5.08. The van der Waals surface area contributed by atoms with Crippen molar-refractivity contribution in [3.05, 3.63) is 70.9 Å². The molecule has 0 saturated heterocycles. The van der Waals surface area contributed by atoms with E-state index in [1.54, 1.807) is 0 Å². The second-order valence-electron chi connectivity index (χ2n) is 7.27. The van der Waals surface area contributed by atoms with Crippen LogP contribution < -0.4 is 10.6 Å².